The van der Waals surface area contributed by atoms with E-state index in [2.05, 4.69) is 40.1 Å². The summed E-state index contributed by atoms with van der Waals surface area (Å²) in [6.45, 7) is 6.17. The molecule has 15 heavy (non-hydrogen) atoms. The van der Waals surface area contributed by atoms with Crippen LogP contribution in [0.3, 0.4) is 0 Å². The molecule has 1 N–H and O–H groups in total. The first kappa shape index (κ1) is 10.5. The van der Waals surface area contributed by atoms with Crippen molar-refractivity contribution < 1.29 is 4.42 Å². The maximum atomic E-state index is 5.61. The predicted octanol–water partition coefficient (Wildman–Crippen LogP) is 3.56. The van der Waals surface area contributed by atoms with Gasteiger partial charge >= 0.3 is 0 Å². The van der Waals surface area contributed by atoms with Crippen LogP contribution in [0.25, 0.3) is 11.1 Å². The van der Waals surface area contributed by atoms with Crippen LogP contribution in [0.15, 0.2) is 8.89 Å². The third-order valence-corrected chi connectivity index (χ3v) is 3.95. The van der Waals surface area contributed by atoms with Gasteiger partial charge in [-0.3, -0.25) is 0 Å². The fourth-order valence-electron chi connectivity index (χ4n) is 1.66. The molecule has 0 radical (unpaired) electrons. The van der Waals surface area contributed by atoms with E-state index in [1.54, 1.807) is 7.05 Å². The van der Waals surface area contributed by atoms with Crippen LogP contribution in [0.1, 0.15) is 16.7 Å². The molecule has 2 aromatic rings. The second kappa shape index (κ2) is 3.52. The first-order valence-electron chi connectivity index (χ1n) is 4.79. The van der Waals surface area contributed by atoms with E-state index < -0.39 is 0 Å². The number of hydrogen-bond donors (Lipinski definition) is 1. The van der Waals surface area contributed by atoms with E-state index in [4.69, 9.17) is 4.42 Å². The number of aryl methyl sites for hydroxylation is 2. The van der Waals surface area contributed by atoms with Gasteiger partial charge in [0.05, 0.1) is 0 Å². The molecule has 0 atom stereocenters. The number of hydrogen-bond acceptors (Lipinski definition) is 3. The summed E-state index contributed by atoms with van der Waals surface area (Å²) < 4.78 is 6.72. The molecule has 1 heterocycles. The third kappa shape index (κ3) is 1.44. The lowest BCUT2D eigenvalue weighted by Gasteiger charge is -2.06. The Balaban J connectivity index is 2.90. The number of anilines is 1. The second-order valence-electron chi connectivity index (χ2n) is 3.64. The van der Waals surface area contributed by atoms with Gasteiger partial charge in [0.15, 0.2) is 5.58 Å². The Morgan fingerprint density at radius 1 is 1.13 bits per heavy atom. The molecule has 0 aliphatic rings. The number of rotatable bonds is 1. The van der Waals surface area contributed by atoms with Crippen LogP contribution < -0.4 is 5.32 Å². The molecule has 2 rings (SSSR count). The minimum atomic E-state index is 0.564. The average molecular weight is 269 g/mol. The average Bonchev–Trinajstić information content (AvgIpc) is 2.67. The zero-order valence-corrected chi connectivity index (χ0v) is 10.8. The highest BCUT2D eigenvalue weighted by Crippen LogP contribution is 2.34. The lowest BCUT2D eigenvalue weighted by Crippen LogP contribution is -1.89. The molecule has 0 aliphatic carbocycles. The van der Waals surface area contributed by atoms with Crippen LogP contribution in [0.4, 0.5) is 6.01 Å². The number of aromatic nitrogens is 1. The topological polar surface area (TPSA) is 38.1 Å². The fraction of sp³-hybridized carbons (Fsp3) is 0.364. The molecule has 0 bridgehead atoms. The zero-order chi connectivity index (χ0) is 11.2. The van der Waals surface area contributed by atoms with Gasteiger partial charge in [0, 0.05) is 17.1 Å². The Morgan fingerprint density at radius 3 is 2.40 bits per heavy atom. The molecule has 4 heteroatoms. The normalized spacial score (nSPS) is 11.0. The van der Waals surface area contributed by atoms with Crippen LogP contribution in [-0.4, -0.2) is 12.0 Å². The lowest BCUT2D eigenvalue weighted by molar-refractivity contribution is 0.617. The van der Waals surface area contributed by atoms with E-state index in [9.17, 15) is 0 Å². The Morgan fingerprint density at radius 2 is 1.80 bits per heavy atom. The quantitative estimate of drug-likeness (QED) is 0.860. The Labute approximate surface area is 97.0 Å². The molecule has 1 aromatic heterocycles. The van der Waals surface area contributed by atoms with Crippen LogP contribution >= 0.6 is 15.9 Å². The summed E-state index contributed by atoms with van der Waals surface area (Å²) in [5, 5.41) is 2.92. The summed E-state index contributed by atoms with van der Waals surface area (Å²) in [5.41, 5.74) is 5.28. The molecule has 0 unspecified atom stereocenters. The molecule has 0 saturated heterocycles. The molecular formula is C11H13BrN2O. The highest BCUT2D eigenvalue weighted by molar-refractivity contribution is 9.10. The first-order valence-corrected chi connectivity index (χ1v) is 5.59. The molecule has 3 nitrogen and oxygen atoms in total. The summed E-state index contributed by atoms with van der Waals surface area (Å²) >= 11 is 3.57. The number of nitrogens with zero attached hydrogens (tertiary/aromatic N) is 1. The fourth-order valence-corrected chi connectivity index (χ4v) is 2.14. The summed E-state index contributed by atoms with van der Waals surface area (Å²) in [6, 6.07) is 0.564. The molecule has 0 fully saturated rings. The van der Waals surface area contributed by atoms with E-state index in [0.717, 1.165) is 26.7 Å². The minimum Gasteiger partial charge on any atom is -0.423 e. The lowest BCUT2D eigenvalue weighted by atomic mass is 10.1. The van der Waals surface area contributed by atoms with Crippen molar-refractivity contribution in [3.8, 4) is 0 Å². The molecule has 80 valence electrons. The van der Waals surface area contributed by atoms with Crippen molar-refractivity contribution in [3.63, 3.8) is 0 Å². The van der Waals surface area contributed by atoms with E-state index in [1.165, 1.54) is 5.56 Å². The maximum Gasteiger partial charge on any atom is 0.295 e. The van der Waals surface area contributed by atoms with Crippen molar-refractivity contribution in [1.82, 2.24) is 4.98 Å². The summed E-state index contributed by atoms with van der Waals surface area (Å²) in [7, 11) is 1.80. The van der Waals surface area contributed by atoms with Crippen molar-refractivity contribution in [3.05, 3.63) is 21.2 Å². The zero-order valence-electron chi connectivity index (χ0n) is 9.23. The van der Waals surface area contributed by atoms with Crippen LogP contribution in [0, 0.1) is 20.8 Å². The van der Waals surface area contributed by atoms with Gasteiger partial charge in [0.25, 0.3) is 6.01 Å². The SMILES string of the molecule is CNc1nc2c(C)c(C)c(Br)c(C)c2o1. The molecule has 1 aromatic carbocycles. The van der Waals surface area contributed by atoms with Gasteiger partial charge in [-0.1, -0.05) is 15.9 Å². The van der Waals surface area contributed by atoms with E-state index in [1.807, 2.05) is 6.92 Å². The van der Waals surface area contributed by atoms with Gasteiger partial charge < -0.3 is 9.73 Å². The van der Waals surface area contributed by atoms with E-state index in [-0.39, 0.29) is 0 Å². The predicted molar refractivity (Wildman–Crippen MR) is 65.5 cm³/mol. The standard InChI is InChI=1S/C11H13BrN2O/c1-5-6(2)9-10(7(3)8(5)12)15-11(13-4)14-9/h1-4H3,(H,13,14). The van der Waals surface area contributed by atoms with Crippen LogP contribution in [0.5, 0.6) is 0 Å². The van der Waals surface area contributed by atoms with Gasteiger partial charge in [-0.15, -0.1) is 0 Å². The Bertz CT molecular complexity index is 486. The number of fused-ring (bicyclic) bond motifs is 1. The molecule has 0 amide bonds. The smallest absolute Gasteiger partial charge is 0.295 e. The molecule has 0 aliphatic heterocycles. The van der Waals surface area contributed by atoms with E-state index >= 15 is 0 Å². The summed E-state index contributed by atoms with van der Waals surface area (Å²) in [6.07, 6.45) is 0. The Hall–Kier alpha value is -1.03. The highest BCUT2D eigenvalue weighted by atomic mass is 79.9. The van der Waals surface area contributed by atoms with Crippen molar-refractivity contribution >= 4 is 33.0 Å². The number of benzene rings is 1. The van der Waals surface area contributed by atoms with Crippen molar-refractivity contribution in [2.45, 2.75) is 20.8 Å². The third-order valence-electron chi connectivity index (χ3n) is 2.76. The van der Waals surface area contributed by atoms with Gasteiger partial charge in [-0.05, 0) is 31.9 Å². The van der Waals surface area contributed by atoms with Gasteiger partial charge in [0.1, 0.15) is 5.52 Å². The highest BCUT2D eigenvalue weighted by Gasteiger charge is 2.15. The maximum absolute atomic E-state index is 5.61. The first-order chi connectivity index (χ1) is 7.06. The van der Waals surface area contributed by atoms with Gasteiger partial charge in [0.2, 0.25) is 0 Å². The molecular weight excluding hydrogens is 256 g/mol. The summed E-state index contributed by atoms with van der Waals surface area (Å²) in [4.78, 5) is 4.39. The largest absolute Gasteiger partial charge is 0.423 e. The summed E-state index contributed by atoms with van der Waals surface area (Å²) in [5.74, 6) is 0. The Kier molecular flexibility index (Phi) is 2.46. The minimum absolute atomic E-state index is 0.564. The number of nitrogens with one attached hydrogen (secondary N) is 1. The van der Waals surface area contributed by atoms with Crippen molar-refractivity contribution in [2.75, 3.05) is 12.4 Å². The monoisotopic (exact) mass is 268 g/mol. The van der Waals surface area contributed by atoms with E-state index in [0.29, 0.717) is 6.01 Å². The van der Waals surface area contributed by atoms with Gasteiger partial charge in [-0.25, -0.2) is 0 Å². The van der Waals surface area contributed by atoms with Crippen molar-refractivity contribution in [1.29, 1.82) is 0 Å². The van der Waals surface area contributed by atoms with Gasteiger partial charge in [-0.2, -0.15) is 4.98 Å². The van der Waals surface area contributed by atoms with Crippen LogP contribution in [-0.2, 0) is 0 Å². The molecule has 0 saturated carbocycles. The van der Waals surface area contributed by atoms with Crippen LogP contribution in [0.2, 0.25) is 0 Å². The van der Waals surface area contributed by atoms with Crippen molar-refractivity contribution in [2.24, 2.45) is 0 Å². The molecule has 0 spiro atoms. The second-order valence-corrected chi connectivity index (χ2v) is 4.43. The number of halogens is 1. The number of oxazole rings is 1.